The molecule has 0 amide bonds. The van der Waals surface area contributed by atoms with Gasteiger partial charge in [-0.3, -0.25) is 0 Å². The van der Waals surface area contributed by atoms with E-state index in [1.54, 1.807) is 11.3 Å². The highest BCUT2D eigenvalue weighted by molar-refractivity contribution is 9.13. The van der Waals surface area contributed by atoms with Crippen LogP contribution < -0.4 is 10.1 Å². The van der Waals surface area contributed by atoms with E-state index in [1.807, 2.05) is 19.1 Å². The minimum atomic E-state index is 0.602. The van der Waals surface area contributed by atoms with Gasteiger partial charge < -0.3 is 10.1 Å². The van der Waals surface area contributed by atoms with E-state index in [0.717, 1.165) is 24.2 Å². The molecule has 2 nitrogen and oxygen atoms in total. The Morgan fingerprint density at radius 1 is 1.20 bits per heavy atom. The summed E-state index contributed by atoms with van der Waals surface area (Å²) >= 11 is 18.2. The van der Waals surface area contributed by atoms with E-state index < -0.39 is 0 Å². The van der Waals surface area contributed by atoms with E-state index in [-0.39, 0.29) is 0 Å². The zero-order valence-corrected chi connectivity index (χ0v) is 16.8. The van der Waals surface area contributed by atoms with Crippen molar-refractivity contribution in [3.05, 3.63) is 40.8 Å². The molecule has 1 heterocycles. The summed E-state index contributed by atoms with van der Waals surface area (Å²) in [4.78, 5) is 1.21. The number of rotatable bonds is 5. The van der Waals surface area contributed by atoms with E-state index >= 15 is 0 Å². The Balaban J connectivity index is 2.19. The molecule has 0 aliphatic heterocycles. The molecular weight excluding hydrogens is 493 g/mol. The summed E-state index contributed by atoms with van der Waals surface area (Å²) in [6, 6.07) is 5.78. The molecule has 0 unspecified atom stereocenters. The Hall–Kier alpha value is 0.250. The van der Waals surface area contributed by atoms with Gasteiger partial charge in [0.2, 0.25) is 0 Å². The third-order valence-corrected chi connectivity index (χ3v) is 6.51. The molecule has 0 bridgehead atoms. The van der Waals surface area contributed by atoms with Crippen molar-refractivity contribution < 1.29 is 4.74 Å². The van der Waals surface area contributed by atoms with Crippen LogP contribution in [0.25, 0.3) is 0 Å². The average Bonchev–Trinajstić information content (AvgIpc) is 2.70. The molecule has 0 saturated heterocycles. The zero-order valence-electron chi connectivity index (χ0n) is 10.5. The fraction of sp³-hybridized carbons (Fsp3) is 0.231. The summed E-state index contributed by atoms with van der Waals surface area (Å²) in [5.74, 6) is 0.784. The number of benzene rings is 1. The van der Waals surface area contributed by atoms with Gasteiger partial charge in [-0.15, -0.1) is 11.3 Å². The molecule has 20 heavy (non-hydrogen) atoms. The molecule has 0 fully saturated rings. The molecule has 108 valence electrons. The van der Waals surface area contributed by atoms with Crippen LogP contribution in [0.5, 0.6) is 5.75 Å². The topological polar surface area (TPSA) is 21.3 Å². The van der Waals surface area contributed by atoms with E-state index in [4.69, 9.17) is 16.3 Å². The van der Waals surface area contributed by atoms with Crippen LogP contribution in [0.1, 0.15) is 11.8 Å². The van der Waals surface area contributed by atoms with Gasteiger partial charge >= 0.3 is 0 Å². The Bertz CT molecular complexity index is 598. The second kappa shape index (κ2) is 7.49. The van der Waals surface area contributed by atoms with Crippen molar-refractivity contribution in [1.29, 1.82) is 0 Å². The van der Waals surface area contributed by atoms with Gasteiger partial charge in [0, 0.05) is 20.9 Å². The SMILES string of the molecule is CCOc1c(Br)cc(Cl)cc1NCc1cc(Br)c(Br)s1. The van der Waals surface area contributed by atoms with Crippen molar-refractivity contribution in [2.75, 3.05) is 11.9 Å². The van der Waals surface area contributed by atoms with Crippen molar-refractivity contribution in [2.45, 2.75) is 13.5 Å². The number of nitrogens with one attached hydrogen (secondary N) is 1. The van der Waals surface area contributed by atoms with E-state index in [0.29, 0.717) is 18.2 Å². The molecule has 1 aromatic heterocycles. The fourth-order valence-electron chi connectivity index (χ4n) is 1.64. The number of thiophene rings is 1. The molecule has 7 heteroatoms. The van der Waals surface area contributed by atoms with Crippen LogP contribution in [-0.2, 0) is 6.54 Å². The summed E-state index contributed by atoms with van der Waals surface area (Å²) in [6.45, 7) is 3.27. The highest BCUT2D eigenvalue weighted by atomic mass is 79.9. The highest BCUT2D eigenvalue weighted by Gasteiger charge is 2.11. The van der Waals surface area contributed by atoms with Crippen LogP contribution in [-0.4, -0.2) is 6.61 Å². The number of anilines is 1. The standard InChI is InChI=1S/C13H11Br3ClNOS/c1-2-19-12-9(14)3-7(17)4-11(12)18-6-8-5-10(15)13(16)20-8/h3-5,18H,2,6H2,1H3. The van der Waals surface area contributed by atoms with Gasteiger partial charge in [0.15, 0.2) is 5.75 Å². The number of hydrogen-bond donors (Lipinski definition) is 1. The smallest absolute Gasteiger partial charge is 0.156 e. The highest BCUT2D eigenvalue weighted by Crippen LogP contribution is 2.38. The van der Waals surface area contributed by atoms with E-state index in [9.17, 15) is 0 Å². The van der Waals surface area contributed by atoms with Crippen LogP contribution in [0.15, 0.2) is 30.9 Å². The molecule has 2 aromatic rings. The predicted molar refractivity (Wildman–Crippen MR) is 97.4 cm³/mol. The number of halogens is 4. The van der Waals surface area contributed by atoms with Crippen molar-refractivity contribution in [1.82, 2.24) is 0 Å². The maximum Gasteiger partial charge on any atom is 0.156 e. The quantitative estimate of drug-likeness (QED) is 0.489. The monoisotopic (exact) mass is 501 g/mol. The summed E-state index contributed by atoms with van der Waals surface area (Å²) in [6.07, 6.45) is 0. The number of hydrogen-bond acceptors (Lipinski definition) is 3. The number of ether oxygens (including phenoxy) is 1. The van der Waals surface area contributed by atoms with Gasteiger partial charge in [0.1, 0.15) is 0 Å². The van der Waals surface area contributed by atoms with Crippen LogP contribution >= 0.6 is 70.7 Å². The fourth-order valence-corrected chi connectivity index (χ4v) is 4.68. The Morgan fingerprint density at radius 2 is 1.95 bits per heavy atom. The van der Waals surface area contributed by atoms with Crippen LogP contribution in [0, 0.1) is 0 Å². The molecule has 1 aromatic carbocycles. The Labute approximate surface area is 152 Å². The molecule has 0 atom stereocenters. The average molecular weight is 504 g/mol. The molecule has 2 rings (SSSR count). The first-order valence-corrected chi connectivity index (χ1v) is 9.38. The zero-order chi connectivity index (χ0) is 14.7. The maximum absolute atomic E-state index is 6.10. The van der Waals surface area contributed by atoms with Crippen LogP contribution in [0.4, 0.5) is 5.69 Å². The van der Waals surface area contributed by atoms with Gasteiger partial charge in [0.25, 0.3) is 0 Å². The van der Waals surface area contributed by atoms with Gasteiger partial charge in [-0.25, -0.2) is 0 Å². The minimum Gasteiger partial charge on any atom is -0.491 e. The maximum atomic E-state index is 6.10. The lowest BCUT2D eigenvalue weighted by molar-refractivity contribution is 0.339. The largest absolute Gasteiger partial charge is 0.491 e. The second-order valence-electron chi connectivity index (χ2n) is 3.89. The first-order valence-electron chi connectivity index (χ1n) is 5.80. The van der Waals surface area contributed by atoms with Crippen molar-refractivity contribution in [2.24, 2.45) is 0 Å². The van der Waals surface area contributed by atoms with Gasteiger partial charge in [-0.1, -0.05) is 11.6 Å². The van der Waals surface area contributed by atoms with Crippen molar-refractivity contribution in [3.8, 4) is 5.75 Å². The van der Waals surface area contributed by atoms with E-state index in [1.165, 1.54) is 4.88 Å². The lowest BCUT2D eigenvalue weighted by Crippen LogP contribution is -2.02. The van der Waals surface area contributed by atoms with Crippen LogP contribution in [0.2, 0.25) is 5.02 Å². The van der Waals surface area contributed by atoms with E-state index in [2.05, 4.69) is 59.2 Å². The third kappa shape index (κ3) is 4.13. The molecule has 0 radical (unpaired) electrons. The Morgan fingerprint density at radius 3 is 2.55 bits per heavy atom. The third-order valence-electron chi connectivity index (χ3n) is 2.45. The minimum absolute atomic E-state index is 0.602. The summed E-state index contributed by atoms with van der Waals surface area (Å²) in [7, 11) is 0. The van der Waals surface area contributed by atoms with Crippen molar-refractivity contribution >= 4 is 76.4 Å². The normalized spacial score (nSPS) is 10.7. The van der Waals surface area contributed by atoms with Gasteiger partial charge in [-0.05, 0) is 72.9 Å². The first-order chi connectivity index (χ1) is 9.51. The molecule has 0 aliphatic rings. The second-order valence-corrected chi connectivity index (χ2v) is 8.48. The summed E-state index contributed by atoms with van der Waals surface area (Å²) in [5.41, 5.74) is 0.881. The molecular formula is C13H11Br3ClNOS. The van der Waals surface area contributed by atoms with Gasteiger partial charge in [0.05, 0.1) is 20.6 Å². The molecule has 0 aliphatic carbocycles. The van der Waals surface area contributed by atoms with Crippen molar-refractivity contribution in [3.63, 3.8) is 0 Å². The summed E-state index contributed by atoms with van der Waals surface area (Å²) < 4.78 is 8.66. The predicted octanol–water partition coefficient (Wildman–Crippen LogP) is 6.70. The molecule has 0 spiro atoms. The van der Waals surface area contributed by atoms with Crippen LogP contribution in [0.3, 0.4) is 0 Å². The summed E-state index contributed by atoms with van der Waals surface area (Å²) in [5, 5.41) is 4.03. The first kappa shape index (κ1) is 16.6. The lowest BCUT2D eigenvalue weighted by Gasteiger charge is -2.14. The lowest BCUT2D eigenvalue weighted by atomic mass is 10.3. The molecule has 0 saturated carbocycles. The van der Waals surface area contributed by atoms with Gasteiger partial charge in [-0.2, -0.15) is 0 Å². The molecule has 1 N–H and O–H groups in total. The Kier molecular flexibility index (Phi) is 6.23.